The maximum atomic E-state index is 12.1. The Morgan fingerprint density at radius 1 is 1.10 bits per heavy atom. The van der Waals surface area contributed by atoms with Gasteiger partial charge in [0.1, 0.15) is 0 Å². The molecule has 0 aliphatic rings. The van der Waals surface area contributed by atoms with Gasteiger partial charge in [-0.2, -0.15) is 0 Å². The summed E-state index contributed by atoms with van der Waals surface area (Å²) in [6.45, 7) is 3.95. The van der Waals surface area contributed by atoms with Crippen LogP contribution >= 0.6 is 12.2 Å². The zero-order valence-corrected chi connectivity index (χ0v) is 12.9. The molecule has 0 aliphatic carbocycles. The molecule has 0 heterocycles. The zero-order valence-electron chi connectivity index (χ0n) is 12.1. The summed E-state index contributed by atoms with van der Waals surface area (Å²) in [7, 11) is 0. The Labute approximate surface area is 130 Å². The molecule has 0 aromatic heterocycles. The highest BCUT2D eigenvalue weighted by Gasteiger charge is 2.13. The van der Waals surface area contributed by atoms with E-state index in [1.807, 2.05) is 68.4 Å². The Morgan fingerprint density at radius 2 is 1.81 bits per heavy atom. The molecule has 2 aromatic rings. The van der Waals surface area contributed by atoms with Gasteiger partial charge in [0.15, 0.2) is 4.99 Å². The third-order valence-corrected chi connectivity index (χ3v) is 3.43. The number of thiocarbonyl (C=S) groups is 1. The SMILES string of the molecule is Cc1cccc(NC(=O)C(=S)NC(C)c2ccccc2)c1. The molecule has 2 rings (SSSR count). The van der Waals surface area contributed by atoms with E-state index in [1.165, 1.54) is 0 Å². The second-order valence-electron chi connectivity index (χ2n) is 4.93. The van der Waals surface area contributed by atoms with Crippen molar-refractivity contribution in [2.45, 2.75) is 19.9 Å². The normalized spacial score (nSPS) is 11.5. The van der Waals surface area contributed by atoms with Crippen molar-refractivity contribution in [2.75, 3.05) is 5.32 Å². The molecule has 0 bridgehead atoms. The van der Waals surface area contributed by atoms with Gasteiger partial charge in [-0.05, 0) is 37.1 Å². The van der Waals surface area contributed by atoms with E-state index in [4.69, 9.17) is 12.2 Å². The van der Waals surface area contributed by atoms with Crippen LogP contribution in [0.4, 0.5) is 5.69 Å². The van der Waals surface area contributed by atoms with Crippen molar-refractivity contribution >= 4 is 28.8 Å². The molecule has 1 amide bonds. The lowest BCUT2D eigenvalue weighted by Gasteiger charge is -2.16. The molecule has 2 N–H and O–H groups in total. The molecule has 1 atom stereocenters. The fraction of sp³-hybridized carbons (Fsp3) is 0.176. The van der Waals surface area contributed by atoms with Crippen LogP contribution < -0.4 is 10.6 Å². The van der Waals surface area contributed by atoms with Crippen LogP contribution in [0.3, 0.4) is 0 Å². The van der Waals surface area contributed by atoms with Crippen molar-refractivity contribution in [1.82, 2.24) is 5.32 Å². The van der Waals surface area contributed by atoms with Gasteiger partial charge in [-0.15, -0.1) is 0 Å². The number of anilines is 1. The molecule has 21 heavy (non-hydrogen) atoms. The van der Waals surface area contributed by atoms with Crippen molar-refractivity contribution in [3.8, 4) is 0 Å². The minimum atomic E-state index is -0.293. The summed E-state index contributed by atoms with van der Waals surface area (Å²) in [5.74, 6) is -0.293. The van der Waals surface area contributed by atoms with Crippen molar-refractivity contribution in [3.05, 3.63) is 65.7 Å². The molecule has 3 nitrogen and oxygen atoms in total. The van der Waals surface area contributed by atoms with Crippen LogP contribution in [0.5, 0.6) is 0 Å². The number of carbonyl (C=O) groups is 1. The highest BCUT2D eigenvalue weighted by molar-refractivity contribution is 7.82. The first-order valence-corrected chi connectivity index (χ1v) is 7.20. The number of hydrogen-bond donors (Lipinski definition) is 2. The predicted molar refractivity (Wildman–Crippen MR) is 90.4 cm³/mol. The van der Waals surface area contributed by atoms with Crippen LogP contribution in [0.15, 0.2) is 54.6 Å². The third kappa shape index (κ3) is 4.39. The van der Waals surface area contributed by atoms with Gasteiger partial charge < -0.3 is 10.6 Å². The summed E-state index contributed by atoms with van der Waals surface area (Å²) < 4.78 is 0. The van der Waals surface area contributed by atoms with Gasteiger partial charge in [-0.1, -0.05) is 54.7 Å². The molecular formula is C17H18N2OS. The van der Waals surface area contributed by atoms with Crippen LogP contribution in [0.2, 0.25) is 0 Å². The summed E-state index contributed by atoms with van der Waals surface area (Å²) in [5, 5.41) is 5.85. The number of benzene rings is 2. The van der Waals surface area contributed by atoms with E-state index in [2.05, 4.69) is 10.6 Å². The van der Waals surface area contributed by atoms with Crippen molar-refractivity contribution < 1.29 is 4.79 Å². The Morgan fingerprint density at radius 3 is 2.48 bits per heavy atom. The zero-order chi connectivity index (χ0) is 15.2. The van der Waals surface area contributed by atoms with E-state index in [-0.39, 0.29) is 16.9 Å². The van der Waals surface area contributed by atoms with E-state index in [1.54, 1.807) is 0 Å². The Bertz CT molecular complexity index is 640. The van der Waals surface area contributed by atoms with Crippen molar-refractivity contribution in [1.29, 1.82) is 0 Å². The second kappa shape index (κ2) is 6.99. The van der Waals surface area contributed by atoms with Crippen LogP contribution in [0.1, 0.15) is 24.1 Å². The molecular weight excluding hydrogens is 280 g/mol. The quantitative estimate of drug-likeness (QED) is 0.851. The molecule has 0 spiro atoms. The summed E-state index contributed by atoms with van der Waals surface area (Å²) in [5.41, 5.74) is 2.92. The smallest absolute Gasteiger partial charge is 0.283 e. The van der Waals surface area contributed by atoms with Gasteiger partial charge in [-0.3, -0.25) is 4.79 Å². The van der Waals surface area contributed by atoms with Gasteiger partial charge in [0.05, 0.1) is 0 Å². The molecule has 4 heteroatoms. The molecule has 0 fully saturated rings. The lowest BCUT2D eigenvalue weighted by atomic mass is 10.1. The second-order valence-corrected chi connectivity index (χ2v) is 5.34. The van der Waals surface area contributed by atoms with Crippen LogP contribution in [0.25, 0.3) is 0 Å². The van der Waals surface area contributed by atoms with E-state index < -0.39 is 0 Å². The maximum Gasteiger partial charge on any atom is 0.283 e. The van der Waals surface area contributed by atoms with Crippen LogP contribution in [-0.2, 0) is 4.79 Å². The topological polar surface area (TPSA) is 41.1 Å². The minimum absolute atomic E-state index is 0.0121. The number of rotatable bonds is 3. The average molecular weight is 298 g/mol. The summed E-state index contributed by atoms with van der Waals surface area (Å²) in [4.78, 5) is 12.3. The van der Waals surface area contributed by atoms with Gasteiger partial charge in [0.2, 0.25) is 0 Å². The molecule has 1 unspecified atom stereocenters. The van der Waals surface area contributed by atoms with E-state index in [0.29, 0.717) is 0 Å². The monoisotopic (exact) mass is 298 g/mol. The summed E-state index contributed by atoms with van der Waals surface area (Å²) in [6.07, 6.45) is 0. The number of hydrogen-bond acceptors (Lipinski definition) is 2. The van der Waals surface area contributed by atoms with Crippen LogP contribution in [-0.4, -0.2) is 10.9 Å². The molecule has 0 radical (unpaired) electrons. The first kappa shape index (κ1) is 15.2. The first-order valence-electron chi connectivity index (χ1n) is 6.79. The molecule has 108 valence electrons. The lowest BCUT2D eigenvalue weighted by Crippen LogP contribution is -2.35. The maximum absolute atomic E-state index is 12.1. The first-order chi connectivity index (χ1) is 10.1. The number of amides is 1. The minimum Gasteiger partial charge on any atom is -0.365 e. The van der Waals surface area contributed by atoms with Gasteiger partial charge in [-0.25, -0.2) is 0 Å². The average Bonchev–Trinajstić information content (AvgIpc) is 2.48. The molecule has 0 saturated heterocycles. The van der Waals surface area contributed by atoms with Crippen LogP contribution in [0, 0.1) is 6.92 Å². The van der Waals surface area contributed by atoms with Crippen molar-refractivity contribution in [2.24, 2.45) is 0 Å². The Kier molecular flexibility index (Phi) is 5.06. The Hall–Kier alpha value is -2.20. The fourth-order valence-corrected chi connectivity index (χ4v) is 2.23. The van der Waals surface area contributed by atoms with E-state index in [9.17, 15) is 4.79 Å². The molecule has 2 aromatic carbocycles. The highest BCUT2D eigenvalue weighted by atomic mass is 32.1. The highest BCUT2D eigenvalue weighted by Crippen LogP contribution is 2.12. The fourth-order valence-electron chi connectivity index (χ4n) is 2.00. The summed E-state index contributed by atoms with van der Waals surface area (Å²) >= 11 is 5.16. The van der Waals surface area contributed by atoms with E-state index >= 15 is 0 Å². The third-order valence-electron chi connectivity index (χ3n) is 3.13. The van der Waals surface area contributed by atoms with E-state index in [0.717, 1.165) is 16.8 Å². The lowest BCUT2D eigenvalue weighted by molar-refractivity contribution is -0.110. The number of carbonyl (C=O) groups excluding carboxylic acids is 1. The Balaban J connectivity index is 1.95. The van der Waals surface area contributed by atoms with Gasteiger partial charge in [0.25, 0.3) is 5.91 Å². The largest absolute Gasteiger partial charge is 0.365 e. The number of nitrogens with one attached hydrogen (secondary N) is 2. The number of aryl methyl sites for hydroxylation is 1. The standard InChI is InChI=1S/C17H18N2OS/c1-12-7-6-10-15(11-12)19-16(20)17(21)18-13(2)14-8-4-3-5-9-14/h3-11,13H,1-2H3,(H,18,21)(H,19,20). The predicted octanol–water partition coefficient (Wildman–Crippen LogP) is 3.61. The molecule has 0 saturated carbocycles. The van der Waals surface area contributed by atoms with Crippen molar-refractivity contribution in [3.63, 3.8) is 0 Å². The molecule has 0 aliphatic heterocycles. The van der Waals surface area contributed by atoms with Gasteiger partial charge in [0, 0.05) is 11.7 Å². The summed E-state index contributed by atoms with van der Waals surface area (Å²) in [6, 6.07) is 17.5. The van der Waals surface area contributed by atoms with Gasteiger partial charge >= 0.3 is 0 Å².